The van der Waals surface area contributed by atoms with Gasteiger partial charge in [0, 0.05) is 10.8 Å². The van der Waals surface area contributed by atoms with Crippen LogP contribution in [0.3, 0.4) is 0 Å². The molecule has 0 amide bonds. The highest BCUT2D eigenvalue weighted by molar-refractivity contribution is 7.99. The van der Waals surface area contributed by atoms with E-state index in [4.69, 9.17) is 10.8 Å². The highest BCUT2D eigenvalue weighted by Gasteiger charge is 2.34. The third kappa shape index (κ3) is 3.79. The molecule has 1 rings (SSSR count). The van der Waals surface area contributed by atoms with E-state index in [2.05, 4.69) is 13.8 Å². The minimum atomic E-state index is -0.268. The monoisotopic (exact) mass is 217 g/mol. The van der Waals surface area contributed by atoms with Gasteiger partial charge in [-0.05, 0) is 37.4 Å². The van der Waals surface area contributed by atoms with Crippen molar-refractivity contribution in [3.63, 3.8) is 0 Å². The zero-order chi connectivity index (χ0) is 10.6. The molecule has 0 heterocycles. The quantitative estimate of drug-likeness (QED) is 0.740. The fourth-order valence-corrected chi connectivity index (χ4v) is 3.54. The molecule has 0 radical (unpaired) electrons. The van der Waals surface area contributed by atoms with Crippen LogP contribution in [0.4, 0.5) is 0 Å². The maximum Gasteiger partial charge on any atom is 0.0611 e. The molecule has 0 bridgehead atoms. The Balaban J connectivity index is 2.16. The number of hydrogen-bond donors (Lipinski definition) is 2. The molecule has 14 heavy (non-hydrogen) atoms. The summed E-state index contributed by atoms with van der Waals surface area (Å²) in [7, 11) is 0. The van der Waals surface area contributed by atoms with Crippen molar-refractivity contribution in [3.8, 4) is 0 Å². The van der Waals surface area contributed by atoms with Crippen LogP contribution in [-0.4, -0.2) is 28.3 Å². The molecule has 0 aliphatic heterocycles. The summed E-state index contributed by atoms with van der Waals surface area (Å²) < 4.78 is 0. The Kier molecular flexibility index (Phi) is 4.74. The molecular formula is C11H23NOS. The Labute approximate surface area is 91.6 Å². The molecular weight excluding hydrogens is 194 g/mol. The number of aliphatic hydroxyl groups is 1. The summed E-state index contributed by atoms with van der Waals surface area (Å²) in [6.45, 7) is 4.67. The average molecular weight is 217 g/mol. The number of aliphatic hydroxyl groups excluding tert-OH is 1. The summed E-state index contributed by atoms with van der Waals surface area (Å²) >= 11 is 2.04. The van der Waals surface area contributed by atoms with Crippen LogP contribution in [0.25, 0.3) is 0 Å². The van der Waals surface area contributed by atoms with Gasteiger partial charge in [-0.1, -0.05) is 13.8 Å². The zero-order valence-electron chi connectivity index (χ0n) is 9.33. The van der Waals surface area contributed by atoms with Crippen molar-refractivity contribution in [1.82, 2.24) is 0 Å². The fourth-order valence-electron chi connectivity index (χ4n) is 1.86. The molecule has 3 N–H and O–H groups in total. The van der Waals surface area contributed by atoms with Crippen LogP contribution in [0.1, 0.15) is 39.5 Å². The first-order valence-electron chi connectivity index (χ1n) is 5.57. The van der Waals surface area contributed by atoms with Crippen LogP contribution in [0, 0.1) is 5.92 Å². The van der Waals surface area contributed by atoms with E-state index in [0.717, 1.165) is 18.8 Å². The van der Waals surface area contributed by atoms with Crippen molar-refractivity contribution in [2.75, 3.05) is 12.4 Å². The van der Waals surface area contributed by atoms with E-state index in [0.29, 0.717) is 5.25 Å². The maximum absolute atomic E-state index is 9.12. The average Bonchev–Trinajstić information content (AvgIpc) is 2.48. The smallest absolute Gasteiger partial charge is 0.0611 e. The Morgan fingerprint density at radius 2 is 2.29 bits per heavy atom. The molecule has 1 aliphatic rings. The van der Waals surface area contributed by atoms with Gasteiger partial charge in [-0.3, -0.25) is 0 Å². The van der Waals surface area contributed by atoms with Gasteiger partial charge in [-0.25, -0.2) is 0 Å². The molecule has 0 aromatic rings. The summed E-state index contributed by atoms with van der Waals surface area (Å²) in [5, 5.41) is 9.81. The summed E-state index contributed by atoms with van der Waals surface area (Å²) in [4.78, 5) is 0. The predicted octanol–water partition coefficient (Wildman–Crippen LogP) is 2.01. The second-order valence-corrected chi connectivity index (χ2v) is 6.35. The molecule has 1 saturated carbocycles. The lowest BCUT2D eigenvalue weighted by molar-refractivity contribution is 0.200. The van der Waals surface area contributed by atoms with E-state index in [1.165, 1.54) is 18.6 Å². The molecule has 2 unspecified atom stereocenters. The summed E-state index contributed by atoms with van der Waals surface area (Å²) in [5.74, 6) is 2.04. The molecule has 0 aromatic carbocycles. The third-order valence-electron chi connectivity index (χ3n) is 2.96. The van der Waals surface area contributed by atoms with Crippen molar-refractivity contribution in [2.45, 2.75) is 50.3 Å². The molecule has 2 atom stereocenters. The van der Waals surface area contributed by atoms with E-state index in [9.17, 15) is 0 Å². The first kappa shape index (κ1) is 12.3. The molecule has 3 heteroatoms. The number of hydrogen-bond acceptors (Lipinski definition) is 3. The van der Waals surface area contributed by atoms with Crippen LogP contribution < -0.4 is 5.73 Å². The van der Waals surface area contributed by atoms with Gasteiger partial charge in [0.1, 0.15) is 0 Å². The van der Waals surface area contributed by atoms with E-state index >= 15 is 0 Å². The van der Waals surface area contributed by atoms with Gasteiger partial charge in [0.15, 0.2) is 0 Å². The Hall–Kier alpha value is 0.270. The lowest BCUT2D eigenvalue weighted by Gasteiger charge is -2.20. The van der Waals surface area contributed by atoms with Crippen molar-refractivity contribution in [1.29, 1.82) is 0 Å². The number of rotatable bonds is 5. The first-order chi connectivity index (χ1) is 6.56. The highest BCUT2D eigenvalue weighted by atomic mass is 32.2. The SMILES string of the molecule is CC(C)CCSC1CCC(N)(CO)C1. The van der Waals surface area contributed by atoms with Gasteiger partial charge in [0.2, 0.25) is 0 Å². The fraction of sp³-hybridized carbons (Fsp3) is 1.00. The Bertz CT molecular complexity index is 175. The maximum atomic E-state index is 9.12. The Morgan fingerprint density at radius 1 is 1.57 bits per heavy atom. The van der Waals surface area contributed by atoms with Gasteiger partial charge in [0.25, 0.3) is 0 Å². The van der Waals surface area contributed by atoms with Crippen molar-refractivity contribution in [2.24, 2.45) is 11.7 Å². The largest absolute Gasteiger partial charge is 0.394 e. The van der Waals surface area contributed by atoms with Crippen LogP contribution >= 0.6 is 11.8 Å². The minimum absolute atomic E-state index is 0.147. The summed E-state index contributed by atoms with van der Waals surface area (Å²) in [6, 6.07) is 0. The van der Waals surface area contributed by atoms with E-state index < -0.39 is 0 Å². The van der Waals surface area contributed by atoms with Gasteiger partial charge in [-0.15, -0.1) is 0 Å². The summed E-state index contributed by atoms with van der Waals surface area (Å²) in [6.07, 6.45) is 4.45. The molecule has 0 aromatic heterocycles. The second kappa shape index (κ2) is 5.38. The molecule has 0 spiro atoms. The highest BCUT2D eigenvalue weighted by Crippen LogP contribution is 2.35. The van der Waals surface area contributed by atoms with Crippen LogP contribution in [-0.2, 0) is 0 Å². The zero-order valence-corrected chi connectivity index (χ0v) is 10.1. The third-order valence-corrected chi connectivity index (χ3v) is 4.31. The Morgan fingerprint density at radius 3 is 2.79 bits per heavy atom. The van der Waals surface area contributed by atoms with Crippen LogP contribution in [0.15, 0.2) is 0 Å². The molecule has 84 valence electrons. The van der Waals surface area contributed by atoms with Crippen molar-refractivity contribution >= 4 is 11.8 Å². The van der Waals surface area contributed by atoms with E-state index in [1.54, 1.807) is 0 Å². The predicted molar refractivity (Wildman–Crippen MR) is 63.6 cm³/mol. The normalized spacial score (nSPS) is 32.8. The second-order valence-electron chi connectivity index (χ2n) is 4.94. The van der Waals surface area contributed by atoms with Crippen LogP contribution in [0.2, 0.25) is 0 Å². The van der Waals surface area contributed by atoms with Gasteiger partial charge in [-0.2, -0.15) is 11.8 Å². The number of nitrogens with two attached hydrogens (primary N) is 1. The van der Waals surface area contributed by atoms with Crippen molar-refractivity contribution in [3.05, 3.63) is 0 Å². The van der Waals surface area contributed by atoms with Gasteiger partial charge < -0.3 is 10.8 Å². The molecule has 1 aliphatic carbocycles. The molecule has 0 saturated heterocycles. The lowest BCUT2D eigenvalue weighted by atomic mass is 10.0. The lowest BCUT2D eigenvalue weighted by Crippen LogP contribution is -2.41. The van der Waals surface area contributed by atoms with Crippen molar-refractivity contribution < 1.29 is 5.11 Å². The van der Waals surface area contributed by atoms with Gasteiger partial charge >= 0.3 is 0 Å². The number of thioether (sulfide) groups is 1. The van der Waals surface area contributed by atoms with Crippen LogP contribution in [0.5, 0.6) is 0 Å². The van der Waals surface area contributed by atoms with Gasteiger partial charge in [0.05, 0.1) is 6.61 Å². The van der Waals surface area contributed by atoms with E-state index in [1.807, 2.05) is 11.8 Å². The topological polar surface area (TPSA) is 46.2 Å². The molecule has 2 nitrogen and oxygen atoms in total. The minimum Gasteiger partial charge on any atom is -0.394 e. The van der Waals surface area contributed by atoms with E-state index in [-0.39, 0.29) is 12.1 Å². The first-order valence-corrected chi connectivity index (χ1v) is 6.62. The summed E-state index contributed by atoms with van der Waals surface area (Å²) in [5.41, 5.74) is 5.75. The molecule has 1 fully saturated rings. The standard InChI is InChI=1S/C11H23NOS/c1-9(2)4-6-14-10-3-5-11(12,7-10)8-13/h9-10,13H,3-8,12H2,1-2H3.